The van der Waals surface area contributed by atoms with Gasteiger partial charge in [-0.05, 0) is 32.0 Å². The number of rotatable bonds is 5. The average Bonchev–Trinajstić information content (AvgIpc) is 2.55. The van der Waals surface area contributed by atoms with E-state index in [9.17, 15) is 18.3 Å². The third kappa shape index (κ3) is 4.60. The molecule has 0 aliphatic rings. The summed E-state index contributed by atoms with van der Waals surface area (Å²) < 4.78 is 37.7. The van der Waals surface area contributed by atoms with Gasteiger partial charge in [0.25, 0.3) is 0 Å². The molecule has 1 heterocycles. The van der Waals surface area contributed by atoms with Crippen molar-refractivity contribution in [3.05, 3.63) is 41.0 Å². The highest BCUT2D eigenvalue weighted by atomic mass is 35.5. The van der Waals surface area contributed by atoms with E-state index < -0.39 is 11.7 Å². The molecule has 0 aliphatic carbocycles. The standard InChI is InChI=1S/C16H16ClF3N4O/c1-3-24(4-2)11-5-6-13(14(25)8-11)22-23-15-12(17)7-10(9-21-15)16(18,19)20/h5-9,25H,3-4H2,1-2H3/b23-22+. The lowest BCUT2D eigenvalue weighted by molar-refractivity contribution is -0.137. The number of aromatic hydroxyl groups is 1. The van der Waals surface area contributed by atoms with Crippen LogP contribution in [0.4, 0.5) is 30.4 Å². The summed E-state index contributed by atoms with van der Waals surface area (Å²) in [6.45, 7) is 5.54. The second-order valence-corrected chi connectivity index (χ2v) is 5.48. The van der Waals surface area contributed by atoms with Gasteiger partial charge >= 0.3 is 6.18 Å². The highest BCUT2D eigenvalue weighted by Gasteiger charge is 2.31. The Morgan fingerprint density at radius 1 is 1.16 bits per heavy atom. The Hall–Kier alpha value is -2.35. The Bertz CT molecular complexity index is 776. The van der Waals surface area contributed by atoms with Crippen molar-refractivity contribution in [2.75, 3.05) is 18.0 Å². The van der Waals surface area contributed by atoms with E-state index in [1.807, 2.05) is 18.7 Å². The number of pyridine rings is 1. The summed E-state index contributed by atoms with van der Waals surface area (Å²) >= 11 is 5.76. The van der Waals surface area contributed by atoms with E-state index in [-0.39, 0.29) is 22.3 Å². The molecule has 0 spiro atoms. The molecule has 0 aliphatic heterocycles. The molecule has 0 atom stereocenters. The summed E-state index contributed by atoms with van der Waals surface area (Å²) in [6, 6.07) is 5.60. The van der Waals surface area contributed by atoms with Crippen LogP contribution in [0.1, 0.15) is 19.4 Å². The van der Waals surface area contributed by atoms with Crippen LogP contribution >= 0.6 is 11.6 Å². The first kappa shape index (κ1) is 19.0. The van der Waals surface area contributed by atoms with Gasteiger partial charge in [0, 0.05) is 31.0 Å². The fourth-order valence-electron chi connectivity index (χ4n) is 2.14. The minimum absolute atomic E-state index is 0.101. The lowest BCUT2D eigenvalue weighted by atomic mass is 10.2. The maximum Gasteiger partial charge on any atom is 0.417 e. The fourth-order valence-corrected chi connectivity index (χ4v) is 2.35. The zero-order chi connectivity index (χ0) is 18.6. The highest BCUT2D eigenvalue weighted by Crippen LogP contribution is 2.35. The van der Waals surface area contributed by atoms with Crippen LogP contribution in [0, 0.1) is 0 Å². The number of halogens is 4. The summed E-state index contributed by atoms with van der Waals surface area (Å²) in [7, 11) is 0. The minimum Gasteiger partial charge on any atom is -0.506 e. The van der Waals surface area contributed by atoms with Gasteiger partial charge in [-0.1, -0.05) is 11.6 Å². The average molecular weight is 373 g/mol. The van der Waals surface area contributed by atoms with Gasteiger partial charge in [0.15, 0.2) is 5.82 Å². The number of azo groups is 1. The van der Waals surface area contributed by atoms with Crippen molar-refractivity contribution in [2.45, 2.75) is 20.0 Å². The van der Waals surface area contributed by atoms with Crippen molar-refractivity contribution < 1.29 is 18.3 Å². The summed E-state index contributed by atoms with van der Waals surface area (Å²) in [4.78, 5) is 5.60. The van der Waals surface area contributed by atoms with Crippen molar-refractivity contribution in [1.29, 1.82) is 0 Å². The SMILES string of the molecule is CCN(CC)c1ccc(/N=N/c2ncc(C(F)(F)F)cc2Cl)c(O)c1. The summed E-state index contributed by atoms with van der Waals surface area (Å²) in [5.41, 5.74) is 0.0173. The molecule has 0 fully saturated rings. The van der Waals surface area contributed by atoms with Crippen LogP contribution in [0.25, 0.3) is 0 Å². The van der Waals surface area contributed by atoms with E-state index >= 15 is 0 Å². The van der Waals surface area contributed by atoms with Crippen LogP contribution in [0.5, 0.6) is 5.75 Å². The Labute approximate surface area is 147 Å². The van der Waals surface area contributed by atoms with E-state index in [0.717, 1.165) is 24.8 Å². The minimum atomic E-state index is -4.54. The summed E-state index contributed by atoms with van der Waals surface area (Å²) in [5.74, 6) is -0.266. The molecule has 2 rings (SSSR count). The molecule has 0 unspecified atom stereocenters. The quantitative estimate of drug-likeness (QED) is 0.682. The first-order valence-corrected chi connectivity index (χ1v) is 7.86. The number of benzene rings is 1. The molecule has 2 aromatic rings. The maximum atomic E-state index is 12.6. The Kier molecular flexibility index (Phi) is 5.84. The normalized spacial score (nSPS) is 11.9. The number of aromatic nitrogens is 1. The van der Waals surface area contributed by atoms with Crippen molar-refractivity contribution in [3.63, 3.8) is 0 Å². The molecule has 134 valence electrons. The Morgan fingerprint density at radius 3 is 2.36 bits per heavy atom. The summed E-state index contributed by atoms with van der Waals surface area (Å²) in [6.07, 6.45) is -3.91. The molecule has 1 aromatic heterocycles. The van der Waals surface area contributed by atoms with Gasteiger partial charge in [0.1, 0.15) is 11.4 Å². The van der Waals surface area contributed by atoms with Gasteiger partial charge < -0.3 is 10.0 Å². The number of phenols is 1. The molecule has 0 amide bonds. The Morgan fingerprint density at radius 2 is 1.84 bits per heavy atom. The summed E-state index contributed by atoms with van der Waals surface area (Å²) in [5, 5.41) is 17.3. The number of alkyl halides is 3. The molecule has 25 heavy (non-hydrogen) atoms. The van der Waals surface area contributed by atoms with Crippen molar-refractivity contribution in [3.8, 4) is 5.75 Å². The predicted octanol–water partition coefficient (Wildman–Crippen LogP) is 5.72. The molecular weight excluding hydrogens is 357 g/mol. The highest BCUT2D eigenvalue weighted by molar-refractivity contribution is 6.32. The topological polar surface area (TPSA) is 61.1 Å². The van der Waals surface area contributed by atoms with Gasteiger partial charge in [-0.2, -0.15) is 13.2 Å². The number of hydrogen-bond donors (Lipinski definition) is 1. The third-order valence-electron chi connectivity index (χ3n) is 3.49. The van der Waals surface area contributed by atoms with E-state index in [1.165, 1.54) is 0 Å². The smallest absolute Gasteiger partial charge is 0.417 e. The zero-order valence-electron chi connectivity index (χ0n) is 13.5. The molecule has 0 radical (unpaired) electrons. The monoisotopic (exact) mass is 372 g/mol. The third-order valence-corrected chi connectivity index (χ3v) is 3.77. The molecule has 1 aromatic carbocycles. The number of anilines is 1. The van der Waals surface area contributed by atoms with Crippen LogP contribution in [0.15, 0.2) is 40.7 Å². The lowest BCUT2D eigenvalue weighted by Gasteiger charge is -2.21. The number of hydrogen-bond acceptors (Lipinski definition) is 5. The van der Waals surface area contributed by atoms with Gasteiger partial charge in [0.05, 0.1) is 10.6 Å². The maximum absolute atomic E-state index is 12.6. The molecule has 0 saturated carbocycles. The van der Waals surface area contributed by atoms with Gasteiger partial charge in [-0.15, -0.1) is 10.2 Å². The number of nitrogens with zero attached hydrogens (tertiary/aromatic N) is 4. The van der Waals surface area contributed by atoms with Crippen LogP contribution in [-0.2, 0) is 6.18 Å². The largest absolute Gasteiger partial charge is 0.506 e. The van der Waals surface area contributed by atoms with E-state index in [1.54, 1.807) is 18.2 Å². The second-order valence-electron chi connectivity index (χ2n) is 5.07. The predicted molar refractivity (Wildman–Crippen MR) is 90.1 cm³/mol. The molecule has 0 saturated heterocycles. The first-order valence-electron chi connectivity index (χ1n) is 7.48. The molecule has 0 bridgehead atoms. The molecule has 1 N–H and O–H groups in total. The Balaban J connectivity index is 2.25. The van der Waals surface area contributed by atoms with Gasteiger partial charge in [0.2, 0.25) is 0 Å². The van der Waals surface area contributed by atoms with Crippen LogP contribution < -0.4 is 4.90 Å². The molecule has 5 nitrogen and oxygen atoms in total. The van der Waals surface area contributed by atoms with Crippen molar-refractivity contribution >= 4 is 28.8 Å². The van der Waals surface area contributed by atoms with Crippen molar-refractivity contribution in [2.24, 2.45) is 10.2 Å². The van der Waals surface area contributed by atoms with Crippen LogP contribution in [0.2, 0.25) is 5.02 Å². The first-order chi connectivity index (χ1) is 11.8. The molecular formula is C16H16ClF3N4O. The van der Waals surface area contributed by atoms with Gasteiger partial charge in [-0.25, -0.2) is 4.98 Å². The van der Waals surface area contributed by atoms with E-state index in [0.29, 0.717) is 6.20 Å². The molecule has 9 heteroatoms. The van der Waals surface area contributed by atoms with Crippen LogP contribution in [-0.4, -0.2) is 23.2 Å². The van der Waals surface area contributed by atoms with Gasteiger partial charge in [-0.3, -0.25) is 0 Å². The number of phenolic OH excluding ortho intramolecular Hbond substituents is 1. The fraction of sp³-hybridized carbons (Fsp3) is 0.312. The lowest BCUT2D eigenvalue weighted by Crippen LogP contribution is -2.21. The second kappa shape index (κ2) is 7.69. The zero-order valence-corrected chi connectivity index (χ0v) is 14.3. The van der Waals surface area contributed by atoms with E-state index in [2.05, 4.69) is 15.2 Å². The van der Waals surface area contributed by atoms with Crippen molar-refractivity contribution in [1.82, 2.24) is 4.98 Å². The van der Waals surface area contributed by atoms with Crippen LogP contribution in [0.3, 0.4) is 0 Å². The van der Waals surface area contributed by atoms with E-state index in [4.69, 9.17) is 11.6 Å².